The molecule has 3 heteroatoms. The van der Waals surface area contributed by atoms with Crippen LogP contribution in [0.4, 0.5) is 0 Å². The van der Waals surface area contributed by atoms with Crippen LogP contribution in [0.3, 0.4) is 0 Å². The lowest BCUT2D eigenvalue weighted by Crippen LogP contribution is -2.47. The standard InChI is InChI=1S/C15H25NO2/c1-5-10-8-11(17)6-7-16(10)14(18)12-9-13(12)15(2,3)4/h10,12-13H,5-9H2,1-4H3/t10-,12?,13+/m1/s1. The molecule has 1 amide bonds. The molecule has 0 spiro atoms. The summed E-state index contributed by atoms with van der Waals surface area (Å²) in [5.41, 5.74) is 0.230. The Bertz CT molecular complexity index is 356. The van der Waals surface area contributed by atoms with Gasteiger partial charge in [-0.05, 0) is 24.2 Å². The van der Waals surface area contributed by atoms with E-state index in [1.807, 2.05) is 4.90 Å². The molecule has 3 atom stereocenters. The minimum absolute atomic E-state index is 0.153. The van der Waals surface area contributed by atoms with Gasteiger partial charge in [0.05, 0.1) is 0 Å². The third-order valence-electron chi connectivity index (χ3n) is 4.51. The van der Waals surface area contributed by atoms with Gasteiger partial charge in [0.2, 0.25) is 5.91 Å². The quantitative estimate of drug-likeness (QED) is 0.756. The molecule has 1 saturated carbocycles. The first-order valence-corrected chi connectivity index (χ1v) is 7.16. The normalized spacial score (nSPS) is 32.6. The molecule has 2 fully saturated rings. The van der Waals surface area contributed by atoms with Crippen molar-refractivity contribution in [1.82, 2.24) is 4.90 Å². The highest BCUT2D eigenvalue weighted by atomic mass is 16.2. The van der Waals surface area contributed by atoms with Crippen molar-refractivity contribution in [2.75, 3.05) is 6.54 Å². The molecule has 1 heterocycles. The summed E-state index contributed by atoms with van der Waals surface area (Å²) < 4.78 is 0. The molecule has 102 valence electrons. The Morgan fingerprint density at radius 3 is 2.56 bits per heavy atom. The summed E-state index contributed by atoms with van der Waals surface area (Å²) in [6.45, 7) is 9.34. The largest absolute Gasteiger partial charge is 0.339 e. The predicted octanol–water partition coefficient (Wildman–Crippen LogP) is 2.64. The van der Waals surface area contributed by atoms with Crippen LogP contribution in [0.5, 0.6) is 0 Å². The maximum Gasteiger partial charge on any atom is 0.226 e. The smallest absolute Gasteiger partial charge is 0.226 e. The van der Waals surface area contributed by atoms with E-state index in [-0.39, 0.29) is 17.4 Å². The Morgan fingerprint density at radius 1 is 1.39 bits per heavy atom. The third kappa shape index (κ3) is 2.60. The van der Waals surface area contributed by atoms with Crippen LogP contribution in [-0.4, -0.2) is 29.2 Å². The van der Waals surface area contributed by atoms with E-state index < -0.39 is 0 Å². The number of nitrogens with zero attached hydrogens (tertiary/aromatic N) is 1. The predicted molar refractivity (Wildman–Crippen MR) is 71.1 cm³/mol. The number of carbonyl (C=O) groups excluding carboxylic acids is 2. The number of hydrogen-bond acceptors (Lipinski definition) is 2. The average Bonchev–Trinajstić information content (AvgIpc) is 3.07. The van der Waals surface area contributed by atoms with Crippen molar-refractivity contribution in [3.63, 3.8) is 0 Å². The van der Waals surface area contributed by atoms with E-state index in [4.69, 9.17) is 0 Å². The number of Topliss-reactive ketones (excluding diaryl/α,β-unsaturated/α-hetero) is 1. The molecule has 0 aromatic carbocycles. The van der Waals surface area contributed by atoms with Crippen LogP contribution < -0.4 is 0 Å². The van der Waals surface area contributed by atoms with E-state index in [2.05, 4.69) is 27.7 Å². The number of ketones is 1. The molecule has 18 heavy (non-hydrogen) atoms. The molecule has 0 bridgehead atoms. The Hall–Kier alpha value is -0.860. The first kappa shape index (κ1) is 13.6. The minimum atomic E-state index is 0.153. The van der Waals surface area contributed by atoms with Crippen molar-refractivity contribution < 1.29 is 9.59 Å². The second-order valence-corrected chi connectivity index (χ2v) is 6.90. The molecule has 1 aliphatic heterocycles. The van der Waals surface area contributed by atoms with Crippen LogP contribution in [-0.2, 0) is 9.59 Å². The molecule has 2 aliphatic rings. The van der Waals surface area contributed by atoms with Gasteiger partial charge in [0, 0.05) is 31.3 Å². The van der Waals surface area contributed by atoms with Crippen molar-refractivity contribution in [2.45, 2.75) is 59.4 Å². The molecule has 0 N–H and O–H groups in total. The van der Waals surface area contributed by atoms with Gasteiger partial charge in [0.15, 0.2) is 0 Å². The summed E-state index contributed by atoms with van der Waals surface area (Å²) in [5, 5.41) is 0. The summed E-state index contributed by atoms with van der Waals surface area (Å²) in [4.78, 5) is 26.0. The zero-order valence-electron chi connectivity index (χ0n) is 12.0. The fraction of sp³-hybridized carbons (Fsp3) is 0.867. The fourth-order valence-electron chi connectivity index (χ4n) is 3.20. The zero-order valence-corrected chi connectivity index (χ0v) is 12.0. The zero-order chi connectivity index (χ0) is 13.5. The van der Waals surface area contributed by atoms with Gasteiger partial charge in [-0.25, -0.2) is 0 Å². The molecular formula is C15H25NO2. The van der Waals surface area contributed by atoms with Crippen molar-refractivity contribution in [1.29, 1.82) is 0 Å². The lowest BCUT2D eigenvalue weighted by molar-refractivity contribution is -0.139. The van der Waals surface area contributed by atoms with Crippen LogP contribution in [0, 0.1) is 17.3 Å². The second kappa shape index (κ2) is 4.67. The van der Waals surface area contributed by atoms with Gasteiger partial charge >= 0.3 is 0 Å². The number of rotatable bonds is 2. The molecule has 1 aliphatic carbocycles. The van der Waals surface area contributed by atoms with E-state index in [1.165, 1.54) is 0 Å². The maximum atomic E-state index is 12.5. The van der Waals surface area contributed by atoms with E-state index in [9.17, 15) is 9.59 Å². The van der Waals surface area contributed by atoms with Gasteiger partial charge in [0.25, 0.3) is 0 Å². The van der Waals surface area contributed by atoms with Crippen molar-refractivity contribution in [3.05, 3.63) is 0 Å². The van der Waals surface area contributed by atoms with E-state index in [0.717, 1.165) is 12.8 Å². The van der Waals surface area contributed by atoms with Crippen molar-refractivity contribution >= 4 is 11.7 Å². The van der Waals surface area contributed by atoms with Gasteiger partial charge in [0.1, 0.15) is 5.78 Å². The van der Waals surface area contributed by atoms with Gasteiger partial charge in [-0.3, -0.25) is 9.59 Å². The molecule has 1 unspecified atom stereocenters. The lowest BCUT2D eigenvalue weighted by Gasteiger charge is -2.35. The van der Waals surface area contributed by atoms with Crippen LogP contribution in [0.2, 0.25) is 0 Å². The molecule has 0 aromatic rings. The lowest BCUT2D eigenvalue weighted by atomic mass is 9.88. The van der Waals surface area contributed by atoms with Crippen LogP contribution in [0.1, 0.15) is 53.4 Å². The highest BCUT2D eigenvalue weighted by Gasteiger charge is 2.51. The SMILES string of the molecule is CC[C@@H]1CC(=O)CCN1C(=O)C1C[C@@H]1C(C)(C)C. The van der Waals surface area contributed by atoms with Crippen LogP contribution in [0.25, 0.3) is 0 Å². The first-order chi connectivity index (χ1) is 8.34. The minimum Gasteiger partial charge on any atom is -0.339 e. The summed E-state index contributed by atoms with van der Waals surface area (Å²) in [7, 11) is 0. The molecule has 3 nitrogen and oxygen atoms in total. The van der Waals surface area contributed by atoms with E-state index in [0.29, 0.717) is 37.0 Å². The van der Waals surface area contributed by atoms with Gasteiger partial charge < -0.3 is 4.90 Å². The van der Waals surface area contributed by atoms with Crippen molar-refractivity contribution in [2.24, 2.45) is 17.3 Å². The Morgan fingerprint density at radius 2 is 2.06 bits per heavy atom. The summed E-state index contributed by atoms with van der Waals surface area (Å²) in [6, 6.07) is 0.153. The Kier molecular flexibility index (Phi) is 3.52. The third-order valence-corrected chi connectivity index (χ3v) is 4.51. The molecule has 2 rings (SSSR count). The van der Waals surface area contributed by atoms with E-state index >= 15 is 0 Å². The van der Waals surface area contributed by atoms with Gasteiger partial charge in [-0.1, -0.05) is 27.7 Å². The van der Waals surface area contributed by atoms with Gasteiger partial charge in [-0.2, -0.15) is 0 Å². The highest BCUT2D eigenvalue weighted by Crippen LogP contribution is 2.51. The summed E-state index contributed by atoms with van der Waals surface area (Å²) >= 11 is 0. The number of piperidine rings is 1. The van der Waals surface area contributed by atoms with E-state index in [1.54, 1.807) is 0 Å². The molecule has 0 aromatic heterocycles. The molecule has 0 radical (unpaired) electrons. The molecular weight excluding hydrogens is 226 g/mol. The molecule has 1 saturated heterocycles. The monoisotopic (exact) mass is 251 g/mol. The average molecular weight is 251 g/mol. The Labute approximate surface area is 110 Å². The van der Waals surface area contributed by atoms with Crippen molar-refractivity contribution in [3.8, 4) is 0 Å². The first-order valence-electron chi connectivity index (χ1n) is 7.16. The maximum absolute atomic E-state index is 12.5. The highest BCUT2D eigenvalue weighted by molar-refractivity contribution is 5.86. The number of hydrogen-bond donors (Lipinski definition) is 0. The van der Waals surface area contributed by atoms with Crippen LogP contribution in [0.15, 0.2) is 0 Å². The number of amides is 1. The Balaban J connectivity index is 1.99. The second-order valence-electron chi connectivity index (χ2n) is 6.90. The fourth-order valence-corrected chi connectivity index (χ4v) is 3.20. The number of carbonyl (C=O) groups is 2. The summed E-state index contributed by atoms with van der Waals surface area (Å²) in [5.74, 6) is 1.36. The summed E-state index contributed by atoms with van der Waals surface area (Å²) in [6.07, 6.45) is 3.04. The van der Waals surface area contributed by atoms with Gasteiger partial charge in [-0.15, -0.1) is 0 Å². The topological polar surface area (TPSA) is 37.4 Å². The van der Waals surface area contributed by atoms with Crippen LogP contribution >= 0.6 is 0 Å². The number of likely N-dealkylation sites (tertiary alicyclic amines) is 1.